The van der Waals surface area contributed by atoms with E-state index >= 15 is 0 Å². The largest absolute Gasteiger partial charge is 0.488 e. The van der Waals surface area contributed by atoms with E-state index in [1.54, 1.807) is 86.0 Å². The molecule has 0 aliphatic rings. The van der Waals surface area contributed by atoms with Gasteiger partial charge in [-0.2, -0.15) is 0 Å². The highest BCUT2D eigenvalue weighted by molar-refractivity contribution is 6.58. The fraction of sp³-hybridized carbons (Fsp3) is 0.143. The van der Waals surface area contributed by atoms with Crippen LogP contribution >= 0.6 is 34.8 Å². The minimum absolute atomic E-state index is 0. The van der Waals surface area contributed by atoms with Crippen molar-refractivity contribution in [3.63, 3.8) is 0 Å². The predicted molar refractivity (Wildman–Crippen MR) is 201 cm³/mol. The highest BCUT2D eigenvalue weighted by atomic mass is 35.5. The molecule has 0 radical (unpaired) electrons. The van der Waals surface area contributed by atoms with Gasteiger partial charge in [-0.25, -0.2) is 20.1 Å². The number of amides is 2. The van der Waals surface area contributed by atoms with Gasteiger partial charge < -0.3 is 10.0 Å². The second-order valence-corrected chi connectivity index (χ2v) is 11.5. The molecule has 0 saturated carbocycles. The molecule has 2 heterocycles. The highest BCUT2D eigenvalue weighted by Gasteiger charge is 2.14. The average Bonchev–Trinajstić information content (AvgIpc) is 3.13. The zero-order valence-electron chi connectivity index (χ0n) is 27.2. The van der Waals surface area contributed by atoms with Crippen molar-refractivity contribution in [1.29, 1.82) is 0 Å². The summed E-state index contributed by atoms with van der Waals surface area (Å²) in [5.74, 6) is -0.496. The van der Waals surface area contributed by atoms with Crippen molar-refractivity contribution in [2.75, 3.05) is 28.3 Å². The summed E-state index contributed by atoms with van der Waals surface area (Å²) in [5.41, 5.74) is 5.67. The maximum absolute atomic E-state index is 12.1. The minimum atomic E-state index is -1.41. The molecule has 0 aliphatic heterocycles. The maximum Gasteiger partial charge on any atom is 0.488 e. The van der Waals surface area contributed by atoms with Gasteiger partial charge in [0.15, 0.2) is 0 Å². The number of carbonyl (C=O) groups excluding carboxylic acids is 2. The molecule has 16 heteroatoms. The molecule has 0 unspecified atom stereocenters. The van der Waals surface area contributed by atoms with E-state index in [1.807, 2.05) is 12.1 Å². The van der Waals surface area contributed by atoms with Crippen LogP contribution in [0.2, 0.25) is 15.2 Å². The van der Waals surface area contributed by atoms with Gasteiger partial charge in [0, 0.05) is 40.8 Å². The van der Waals surface area contributed by atoms with E-state index in [1.165, 1.54) is 27.5 Å². The molecular formula is C35H34BCl3N6O6. The zero-order valence-corrected chi connectivity index (χ0v) is 29.4. The summed E-state index contributed by atoms with van der Waals surface area (Å²) in [6.07, 6.45) is 3.17. The standard InChI is InChI=1S/C17H14ClN3O2.C11H10ClN3O2.C6H6BClO2.CH4/c1-21(23-2)17(22)12-5-8-14-15(9-12)20-16(10-19-14)11-3-6-13(18)7-4-11;1-15(17-2)11(16)7-3-4-8-9(5-7)14-10(12)6-13-8;8-6-3-1-5(2-4-6)7(9)10;/h3-10H,1-2H3;3-6H,1-2H3;1-4,9-10H;1H4. The number of halogens is 3. The second kappa shape index (κ2) is 19.0. The van der Waals surface area contributed by atoms with Gasteiger partial charge in [-0.3, -0.25) is 29.2 Å². The van der Waals surface area contributed by atoms with Crippen molar-refractivity contribution < 1.29 is 29.3 Å². The van der Waals surface area contributed by atoms with Gasteiger partial charge in [-0.05, 0) is 66.1 Å². The Morgan fingerprint density at radius 1 is 0.647 bits per heavy atom. The lowest BCUT2D eigenvalue weighted by atomic mass is 9.81. The Kier molecular flexibility index (Phi) is 15.2. The summed E-state index contributed by atoms with van der Waals surface area (Å²) < 4.78 is 0. The summed E-state index contributed by atoms with van der Waals surface area (Å²) in [6.45, 7) is 0. The topological polar surface area (TPSA) is 151 Å². The first kappa shape index (κ1) is 40.7. The molecule has 51 heavy (non-hydrogen) atoms. The summed E-state index contributed by atoms with van der Waals surface area (Å²) in [7, 11) is 4.56. The third-order valence-corrected chi connectivity index (χ3v) is 7.66. The van der Waals surface area contributed by atoms with E-state index < -0.39 is 7.12 Å². The third-order valence-electron chi connectivity index (χ3n) is 6.98. The molecule has 2 aromatic heterocycles. The molecule has 0 atom stereocenters. The van der Waals surface area contributed by atoms with Gasteiger partial charge in [0.25, 0.3) is 11.8 Å². The number of benzene rings is 4. The Labute approximate surface area is 310 Å². The fourth-order valence-corrected chi connectivity index (χ4v) is 4.58. The van der Waals surface area contributed by atoms with Crippen molar-refractivity contribution >= 4 is 81.3 Å². The number of nitrogens with zero attached hydrogens (tertiary/aromatic N) is 6. The SMILES string of the molecule is C.CON(C)C(=O)c1ccc2ncc(-c3ccc(Cl)cc3)nc2c1.CON(C)C(=O)c1ccc2ncc(Cl)nc2c1.OB(O)c1ccc(Cl)cc1. The molecule has 12 nitrogen and oxygen atoms in total. The molecule has 2 amide bonds. The summed E-state index contributed by atoms with van der Waals surface area (Å²) in [5, 5.41) is 21.1. The zero-order chi connectivity index (χ0) is 36.4. The van der Waals surface area contributed by atoms with E-state index in [9.17, 15) is 9.59 Å². The number of rotatable bonds is 6. The van der Waals surface area contributed by atoms with Crippen LogP contribution in [0.4, 0.5) is 0 Å². The van der Waals surface area contributed by atoms with Crippen LogP contribution in [0.5, 0.6) is 0 Å². The lowest BCUT2D eigenvalue weighted by Crippen LogP contribution is -2.29. The van der Waals surface area contributed by atoms with Crippen molar-refractivity contribution in [1.82, 2.24) is 30.1 Å². The molecule has 0 saturated heterocycles. The van der Waals surface area contributed by atoms with Gasteiger partial charge in [0.1, 0.15) is 5.15 Å². The summed E-state index contributed by atoms with van der Waals surface area (Å²) in [4.78, 5) is 50.9. The lowest BCUT2D eigenvalue weighted by Gasteiger charge is -2.13. The van der Waals surface area contributed by atoms with Crippen molar-refractivity contribution in [3.8, 4) is 11.3 Å². The maximum atomic E-state index is 12.1. The summed E-state index contributed by atoms with van der Waals surface area (Å²) >= 11 is 17.2. The average molecular weight is 752 g/mol. The number of carbonyl (C=O) groups is 2. The van der Waals surface area contributed by atoms with E-state index in [2.05, 4.69) is 19.9 Å². The Morgan fingerprint density at radius 2 is 1.10 bits per heavy atom. The van der Waals surface area contributed by atoms with Crippen LogP contribution in [0.1, 0.15) is 28.1 Å². The molecule has 264 valence electrons. The number of hydrogen-bond acceptors (Lipinski definition) is 10. The van der Waals surface area contributed by atoms with Gasteiger partial charge in [-0.1, -0.05) is 66.5 Å². The van der Waals surface area contributed by atoms with Gasteiger partial charge >= 0.3 is 7.12 Å². The normalized spacial score (nSPS) is 10.2. The monoisotopic (exact) mass is 750 g/mol. The van der Waals surface area contributed by atoms with Gasteiger partial charge in [0.2, 0.25) is 0 Å². The predicted octanol–water partition coefficient (Wildman–Crippen LogP) is 6.16. The molecule has 6 aromatic rings. The number of fused-ring (bicyclic) bond motifs is 2. The van der Waals surface area contributed by atoms with Crippen molar-refractivity contribution in [3.05, 3.63) is 124 Å². The second-order valence-electron chi connectivity index (χ2n) is 10.3. The van der Waals surface area contributed by atoms with Crippen LogP contribution in [-0.2, 0) is 9.68 Å². The molecular weight excluding hydrogens is 718 g/mol. The van der Waals surface area contributed by atoms with Crippen LogP contribution < -0.4 is 5.46 Å². The first-order valence-electron chi connectivity index (χ1n) is 14.6. The smallest absolute Gasteiger partial charge is 0.423 e. The van der Waals surface area contributed by atoms with E-state index in [4.69, 9.17) is 54.5 Å². The molecule has 0 fully saturated rings. The van der Waals surface area contributed by atoms with Gasteiger partial charge in [0.05, 0.1) is 54.4 Å². The molecule has 0 bridgehead atoms. The molecule has 0 aliphatic carbocycles. The van der Waals surface area contributed by atoms with Crippen LogP contribution in [-0.4, -0.2) is 87.4 Å². The first-order valence-corrected chi connectivity index (χ1v) is 15.7. The van der Waals surface area contributed by atoms with E-state index in [0.717, 1.165) is 26.9 Å². The van der Waals surface area contributed by atoms with Crippen molar-refractivity contribution in [2.45, 2.75) is 7.43 Å². The van der Waals surface area contributed by atoms with Crippen LogP contribution in [0.15, 0.2) is 97.3 Å². The van der Waals surface area contributed by atoms with Crippen molar-refractivity contribution in [2.24, 2.45) is 0 Å². The third kappa shape index (κ3) is 11.1. The van der Waals surface area contributed by atoms with Crippen LogP contribution in [0, 0.1) is 0 Å². The Balaban J connectivity index is 0.000000221. The number of hydroxylamine groups is 4. The highest BCUT2D eigenvalue weighted by Crippen LogP contribution is 2.22. The molecule has 0 spiro atoms. The number of hydrogen-bond donors (Lipinski definition) is 2. The Morgan fingerprint density at radius 3 is 1.57 bits per heavy atom. The number of aromatic nitrogens is 4. The molecule has 4 aromatic carbocycles. The fourth-order valence-electron chi connectivity index (χ4n) is 4.19. The quantitative estimate of drug-likeness (QED) is 0.150. The van der Waals surface area contributed by atoms with Gasteiger partial charge in [-0.15, -0.1) is 0 Å². The lowest BCUT2D eigenvalue weighted by molar-refractivity contribution is -0.0757. The van der Waals surface area contributed by atoms with Crippen LogP contribution in [0.3, 0.4) is 0 Å². The first-order chi connectivity index (χ1) is 23.9. The molecule has 2 N–H and O–H groups in total. The van der Waals surface area contributed by atoms with E-state index in [0.29, 0.717) is 48.3 Å². The van der Waals surface area contributed by atoms with Crippen LogP contribution in [0.25, 0.3) is 33.3 Å². The summed E-state index contributed by atoms with van der Waals surface area (Å²) in [6, 6.07) is 23.9. The van der Waals surface area contributed by atoms with E-state index in [-0.39, 0.29) is 19.2 Å². The Hall–Kier alpha value is -4.73. The molecule has 6 rings (SSSR count). The Bertz CT molecular complexity index is 2090. The minimum Gasteiger partial charge on any atom is -0.423 e.